The van der Waals surface area contributed by atoms with Crippen molar-refractivity contribution in [1.82, 2.24) is 4.90 Å². The molecule has 0 spiro atoms. The van der Waals surface area contributed by atoms with Gasteiger partial charge in [-0.25, -0.2) is 0 Å². The molecule has 122 valence electrons. The summed E-state index contributed by atoms with van der Waals surface area (Å²) < 4.78 is 0. The summed E-state index contributed by atoms with van der Waals surface area (Å²) in [7, 11) is 0. The zero-order valence-corrected chi connectivity index (χ0v) is 13.2. The summed E-state index contributed by atoms with van der Waals surface area (Å²) in [5, 5.41) is 0. The number of benzene rings is 1. The van der Waals surface area contributed by atoms with Crippen LogP contribution in [0.1, 0.15) is 12.8 Å². The first-order valence-electron chi connectivity index (χ1n) is 8.56. The molecule has 3 amide bonds. The fourth-order valence-electron chi connectivity index (χ4n) is 5.00. The van der Waals surface area contributed by atoms with E-state index < -0.39 is 0 Å². The largest absolute Gasteiger partial charge is 0.310 e. The molecule has 2 aliphatic carbocycles. The Morgan fingerprint density at radius 1 is 0.875 bits per heavy atom. The van der Waals surface area contributed by atoms with Crippen LogP contribution in [0.5, 0.6) is 0 Å². The predicted molar refractivity (Wildman–Crippen MR) is 86.8 cm³/mol. The third-order valence-corrected chi connectivity index (χ3v) is 6.04. The molecule has 5 rings (SSSR count). The van der Waals surface area contributed by atoms with Crippen LogP contribution in [0.15, 0.2) is 42.5 Å². The summed E-state index contributed by atoms with van der Waals surface area (Å²) in [6.45, 7) is 0.405. The molecule has 5 atom stereocenters. The number of rotatable bonds is 2. The first-order chi connectivity index (χ1) is 11.6. The highest BCUT2D eigenvalue weighted by Crippen LogP contribution is 2.53. The van der Waals surface area contributed by atoms with Crippen molar-refractivity contribution in [3.8, 4) is 0 Å². The Labute approximate surface area is 139 Å². The van der Waals surface area contributed by atoms with E-state index in [1.54, 1.807) is 4.90 Å². The molecular formula is C19H18N2O3. The Morgan fingerprint density at radius 2 is 1.50 bits per heavy atom. The van der Waals surface area contributed by atoms with Gasteiger partial charge in [-0.05, 0) is 30.4 Å². The van der Waals surface area contributed by atoms with Crippen LogP contribution in [0.25, 0.3) is 0 Å². The molecular weight excluding hydrogens is 304 g/mol. The molecule has 0 aromatic heterocycles. The number of anilines is 1. The Balaban J connectivity index is 1.41. The van der Waals surface area contributed by atoms with E-state index in [1.807, 2.05) is 30.3 Å². The number of para-hydroxylation sites is 1. The monoisotopic (exact) mass is 322 g/mol. The molecule has 2 bridgehead atoms. The van der Waals surface area contributed by atoms with Crippen molar-refractivity contribution in [2.45, 2.75) is 18.9 Å². The van der Waals surface area contributed by atoms with Crippen LogP contribution in [0.4, 0.5) is 5.69 Å². The van der Waals surface area contributed by atoms with Crippen LogP contribution in [-0.2, 0) is 14.4 Å². The van der Waals surface area contributed by atoms with Crippen LogP contribution >= 0.6 is 0 Å². The van der Waals surface area contributed by atoms with Crippen LogP contribution in [0, 0.1) is 23.7 Å². The molecule has 1 unspecified atom stereocenters. The van der Waals surface area contributed by atoms with E-state index in [1.165, 1.54) is 4.90 Å². The zero-order chi connectivity index (χ0) is 16.4. The minimum atomic E-state index is -0.331. The number of fused-ring (bicyclic) bond motifs is 5. The summed E-state index contributed by atoms with van der Waals surface area (Å²) in [5.74, 6) is -0.0941. The normalized spacial score (nSPS) is 37.0. The fourth-order valence-corrected chi connectivity index (χ4v) is 5.00. The quantitative estimate of drug-likeness (QED) is 0.614. The minimum Gasteiger partial charge on any atom is -0.310 e. The number of carbonyl (C=O) groups is 3. The molecule has 24 heavy (non-hydrogen) atoms. The SMILES string of the molecule is O=C1CC(N2C(=O)[C@@H]3[C@H](C2=O)[C@H]2C=C[C@@H]3C2)CN1c1ccccc1. The molecule has 5 nitrogen and oxygen atoms in total. The summed E-state index contributed by atoms with van der Waals surface area (Å²) in [6.07, 6.45) is 5.35. The molecule has 0 N–H and O–H groups in total. The highest BCUT2D eigenvalue weighted by atomic mass is 16.2. The Morgan fingerprint density at radius 3 is 2.12 bits per heavy atom. The average molecular weight is 322 g/mol. The van der Waals surface area contributed by atoms with Crippen molar-refractivity contribution >= 4 is 23.4 Å². The third-order valence-electron chi connectivity index (χ3n) is 6.04. The average Bonchev–Trinajstić information content (AvgIpc) is 3.33. The van der Waals surface area contributed by atoms with E-state index in [0.29, 0.717) is 6.54 Å². The van der Waals surface area contributed by atoms with Crippen LogP contribution in [0.3, 0.4) is 0 Å². The lowest BCUT2D eigenvalue weighted by Crippen LogP contribution is -2.43. The molecule has 1 aromatic carbocycles. The number of hydrogen-bond donors (Lipinski definition) is 0. The maximum atomic E-state index is 12.9. The maximum absolute atomic E-state index is 12.9. The van der Waals surface area contributed by atoms with E-state index in [2.05, 4.69) is 12.2 Å². The van der Waals surface area contributed by atoms with Gasteiger partial charge in [0, 0.05) is 18.7 Å². The van der Waals surface area contributed by atoms with Gasteiger partial charge in [-0.3, -0.25) is 19.3 Å². The lowest BCUT2D eigenvalue weighted by molar-refractivity contribution is -0.143. The number of likely N-dealkylation sites (tertiary alicyclic amines) is 1. The van der Waals surface area contributed by atoms with E-state index in [9.17, 15) is 14.4 Å². The molecule has 5 heteroatoms. The zero-order valence-electron chi connectivity index (χ0n) is 13.2. The number of allylic oxidation sites excluding steroid dienone is 2. The van der Waals surface area contributed by atoms with Crippen molar-refractivity contribution in [2.24, 2.45) is 23.7 Å². The van der Waals surface area contributed by atoms with Gasteiger partial charge in [-0.15, -0.1) is 0 Å². The fraction of sp³-hybridized carbons (Fsp3) is 0.421. The number of imide groups is 1. The first-order valence-corrected chi connectivity index (χ1v) is 8.56. The van der Waals surface area contributed by atoms with Gasteiger partial charge in [-0.1, -0.05) is 30.4 Å². The van der Waals surface area contributed by atoms with Gasteiger partial charge in [0.1, 0.15) is 0 Å². The van der Waals surface area contributed by atoms with Crippen molar-refractivity contribution in [1.29, 1.82) is 0 Å². The molecule has 0 radical (unpaired) electrons. The number of carbonyl (C=O) groups excluding carboxylic acids is 3. The van der Waals surface area contributed by atoms with Crippen molar-refractivity contribution in [3.05, 3.63) is 42.5 Å². The van der Waals surface area contributed by atoms with Gasteiger partial charge in [0.2, 0.25) is 17.7 Å². The van der Waals surface area contributed by atoms with E-state index in [-0.39, 0.29) is 53.9 Å². The standard InChI is InChI=1S/C19H18N2O3/c22-15-9-14(10-20(15)13-4-2-1-3-5-13)21-18(23)16-11-6-7-12(8-11)17(16)19(21)24/h1-7,11-12,14,16-17H,8-10H2/t11-,12+,14?,16+,17-. The molecule has 2 heterocycles. The lowest BCUT2D eigenvalue weighted by atomic mass is 9.85. The predicted octanol–water partition coefficient (Wildman–Crippen LogP) is 1.60. The van der Waals surface area contributed by atoms with Gasteiger partial charge in [0.05, 0.1) is 17.9 Å². The molecule has 4 aliphatic rings. The summed E-state index contributed by atoms with van der Waals surface area (Å²) >= 11 is 0. The second-order valence-corrected chi connectivity index (χ2v) is 7.24. The van der Waals surface area contributed by atoms with Gasteiger partial charge < -0.3 is 4.90 Å². The molecule has 3 fully saturated rings. The summed E-state index contributed by atoms with van der Waals surface area (Å²) in [4.78, 5) is 41.2. The van der Waals surface area contributed by atoms with Gasteiger partial charge in [-0.2, -0.15) is 0 Å². The van der Waals surface area contributed by atoms with Crippen molar-refractivity contribution in [2.75, 3.05) is 11.4 Å². The number of amides is 3. The molecule has 1 saturated carbocycles. The lowest BCUT2D eigenvalue weighted by Gasteiger charge is -2.24. The highest BCUT2D eigenvalue weighted by Gasteiger charge is 2.61. The van der Waals surface area contributed by atoms with Gasteiger partial charge >= 0.3 is 0 Å². The van der Waals surface area contributed by atoms with Crippen LogP contribution < -0.4 is 4.90 Å². The molecule has 1 aromatic rings. The minimum absolute atomic E-state index is 0.0232. The topological polar surface area (TPSA) is 57.7 Å². The molecule has 2 aliphatic heterocycles. The second-order valence-electron chi connectivity index (χ2n) is 7.24. The third kappa shape index (κ3) is 1.72. The Hall–Kier alpha value is -2.43. The van der Waals surface area contributed by atoms with Crippen LogP contribution in [0.2, 0.25) is 0 Å². The summed E-state index contributed by atoms with van der Waals surface area (Å²) in [5.41, 5.74) is 0.825. The second kappa shape index (κ2) is 4.79. The van der Waals surface area contributed by atoms with E-state index in [4.69, 9.17) is 0 Å². The smallest absolute Gasteiger partial charge is 0.234 e. The van der Waals surface area contributed by atoms with E-state index >= 15 is 0 Å². The van der Waals surface area contributed by atoms with Gasteiger partial charge in [0.15, 0.2) is 0 Å². The van der Waals surface area contributed by atoms with E-state index in [0.717, 1.165) is 12.1 Å². The van der Waals surface area contributed by atoms with Gasteiger partial charge in [0.25, 0.3) is 0 Å². The van der Waals surface area contributed by atoms with Crippen LogP contribution in [-0.4, -0.2) is 35.2 Å². The Kier molecular flexibility index (Phi) is 2.78. The maximum Gasteiger partial charge on any atom is 0.234 e. The molecule has 2 saturated heterocycles. The number of nitrogens with zero attached hydrogens (tertiary/aromatic N) is 2. The van der Waals surface area contributed by atoms with Crippen molar-refractivity contribution < 1.29 is 14.4 Å². The highest BCUT2D eigenvalue weighted by molar-refractivity contribution is 6.08. The summed E-state index contributed by atoms with van der Waals surface area (Å²) in [6, 6.07) is 9.10. The number of hydrogen-bond acceptors (Lipinski definition) is 3. The Bertz CT molecular complexity index is 742. The first kappa shape index (κ1) is 14.0. The van der Waals surface area contributed by atoms with Crippen molar-refractivity contribution in [3.63, 3.8) is 0 Å².